The van der Waals surface area contributed by atoms with Gasteiger partial charge < -0.3 is 9.88 Å². The van der Waals surface area contributed by atoms with Gasteiger partial charge in [0.2, 0.25) is 0 Å². The van der Waals surface area contributed by atoms with Crippen LogP contribution >= 0.6 is 0 Å². The summed E-state index contributed by atoms with van der Waals surface area (Å²) >= 11 is 0. The van der Waals surface area contributed by atoms with Crippen LogP contribution in [-0.2, 0) is 13.0 Å². The van der Waals surface area contributed by atoms with E-state index < -0.39 is 0 Å². The molecule has 140 valence electrons. The number of nitrogens with zero attached hydrogens (tertiary/aromatic N) is 4. The molecule has 6 heteroatoms. The predicted octanol–water partition coefficient (Wildman–Crippen LogP) is 4.34. The fourth-order valence-electron chi connectivity index (χ4n) is 3.91. The summed E-state index contributed by atoms with van der Waals surface area (Å²) < 4.78 is 13.8. The Morgan fingerprint density at radius 3 is 2.86 bits per heavy atom. The molecule has 0 radical (unpaired) electrons. The van der Waals surface area contributed by atoms with E-state index in [0.717, 1.165) is 52.1 Å². The van der Waals surface area contributed by atoms with Gasteiger partial charge in [-0.2, -0.15) is 0 Å². The highest BCUT2D eigenvalue weighted by Gasteiger charge is 2.24. The number of H-pyrrole nitrogens is 1. The van der Waals surface area contributed by atoms with E-state index >= 15 is 0 Å². The number of hydrogen-bond donors (Lipinski definition) is 1. The lowest BCUT2D eigenvalue weighted by Gasteiger charge is -2.30. The van der Waals surface area contributed by atoms with Crippen molar-refractivity contribution < 1.29 is 4.39 Å². The predicted molar refractivity (Wildman–Crippen MR) is 108 cm³/mol. The molecule has 0 bridgehead atoms. The molecule has 1 aromatic carbocycles. The molecule has 28 heavy (non-hydrogen) atoms. The van der Waals surface area contributed by atoms with E-state index in [1.54, 1.807) is 18.5 Å². The van der Waals surface area contributed by atoms with Gasteiger partial charge in [0.15, 0.2) is 5.82 Å². The number of pyridine rings is 1. The van der Waals surface area contributed by atoms with Crippen LogP contribution in [0.3, 0.4) is 0 Å². The molecular weight excluding hydrogens is 353 g/mol. The molecule has 1 aliphatic rings. The van der Waals surface area contributed by atoms with Crippen LogP contribution in [0.2, 0.25) is 0 Å². The second-order valence-corrected chi connectivity index (χ2v) is 7.27. The Morgan fingerprint density at radius 1 is 1.14 bits per heavy atom. The van der Waals surface area contributed by atoms with Gasteiger partial charge in [0.25, 0.3) is 0 Å². The van der Waals surface area contributed by atoms with Crippen LogP contribution in [0, 0.1) is 19.7 Å². The van der Waals surface area contributed by atoms with Crippen molar-refractivity contribution in [2.45, 2.75) is 26.8 Å². The minimum atomic E-state index is -0.209. The molecular formula is C22H20FN5. The van der Waals surface area contributed by atoms with Crippen molar-refractivity contribution >= 4 is 16.7 Å². The third kappa shape index (κ3) is 2.72. The first-order valence-corrected chi connectivity index (χ1v) is 9.40. The zero-order valence-electron chi connectivity index (χ0n) is 15.8. The minimum absolute atomic E-state index is 0.209. The smallest absolute Gasteiger partial charge is 0.163 e. The number of aromatic amines is 1. The first-order valence-electron chi connectivity index (χ1n) is 9.40. The van der Waals surface area contributed by atoms with Crippen LogP contribution in [0.15, 0.2) is 42.7 Å². The van der Waals surface area contributed by atoms with Crippen LogP contribution in [0.4, 0.5) is 10.2 Å². The molecule has 4 heterocycles. The molecule has 5 rings (SSSR count). The molecule has 0 saturated heterocycles. The van der Waals surface area contributed by atoms with Crippen molar-refractivity contribution in [3.63, 3.8) is 0 Å². The number of aryl methyl sites for hydroxylation is 1. The standard InChI is InChI=1S/C22H20FN5/c1-13-14(2)25-21(15-4-3-8-24-11-15)27-22(13)28-9-7-20-18(12-28)17-10-16(23)5-6-19(17)26-20/h3-6,8,10-11,26H,7,9,12H2,1-2H3. The Balaban J connectivity index is 1.58. The monoisotopic (exact) mass is 373 g/mol. The highest BCUT2D eigenvalue weighted by molar-refractivity contribution is 5.85. The number of nitrogens with one attached hydrogen (secondary N) is 1. The van der Waals surface area contributed by atoms with Crippen molar-refractivity contribution in [1.29, 1.82) is 0 Å². The number of hydrogen-bond acceptors (Lipinski definition) is 4. The summed E-state index contributed by atoms with van der Waals surface area (Å²) in [4.78, 5) is 19.4. The van der Waals surface area contributed by atoms with Gasteiger partial charge in [0, 0.05) is 70.9 Å². The third-order valence-electron chi connectivity index (χ3n) is 5.52. The second-order valence-electron chi connectivity index (χ2n) is 7.27. The van der Waals surface area contributed by atoms with Gasteiger partial charge in [-0.1, -0.05) is 0 Å². The number of halogens is 1. The first-order chi connectivity index (χ1) is 13.6. The van der Waals surface area contributed by atoms with Crippen molar-refractivity contribution in [1.82, 2.24) is 19.9 Å². The lowest BCUT2D eigenvalue weighted by molar-refractivity contribution is 0.629. The summed E-state index contributed by atoms with van der Waals surface area (Å²) in [5, 5.41) is 0.954. The maximum atomic E-state index is 13.8. The fourth-order valence-corrected chi connectivity index (χ4v) is 3.91. The van der Waals surface area contributed by atoms with Gasteiger partial charge in [-0.25, -0.2) is 14.4 Å². The molecule has 1 N–H and O–H groups in total. The van der Waals surface area contributed by atoms with E-state index in [-0.39, 0.29) is 5.82 Å². The minimum Gasteiger partial charge on any atom is -0.358 e. The maximum Gasteiger partial charge on any atom is 0.163 e. The van der Waals surface area contributed by atoms with Gasteiger partial charge >= 0.3 is 0 Å². The van der Waals surface area contributed by atoms with E-state index in [0.29, 0.717) is 12.4 Å². The maximum absolute atomic E-state index is 13.8. The normalized spacial score (nSPS) is 13.8. The quantitative estimate of drug-likeness (QED) is 0.568. The van der Waals surface area contributed by atoms with Gasteiger partial charge in [-0.3, -0.25) is 4.98 Å². The van der Waals surface area contributed by atoms with Gasteiger partial charge in [0.05, 0.1) is 0 Å². The van der Waals surface area contributed by atoms with E-state index in [4.69, 9.17) is 4.98 Å². The number of aromatic nitrogens is 4. The summed E-state index contributed by atoms with van der Waals surface area (Å²) in [5.74, 6) is 1.41. The zero-order chi connectivity index (χ0) is 19.3. The highest BCUT2D eigenvalue weighted by Crippen LogP contribution is 2.32. The molecule has 5 nitrogen and oxygen atoms in total. The average molecular weight is 373 g/mol. The van der Waals surface area contributed by atoms with Gasteiger partial charge in [-0.15, -0.1) is 0 Å². The summed E-state index contributed by atoms with van der Waals surface area (Å²) in [6, 6.07) is 8.79. The fraction of sp³-hybridized carbons (Fsp3) is 0.227. The summed E-state index contributed by atoms with van der Waals surface area (Å²) in [6.07, 6.45) is 4.40. The molecule has 0 fully saturated rings. The van der Waals surface area contributed by atoms with Crippen molar-refractivity contribution in [3.05, 3.63) is 71.1 Å². The Labute approximate surface area is 162 Å². The van der Waals surface area contributed by atoms with Crippen molar-refractivity contribution in [2.75, 3.05) is 11.4 Å². The van der Waals surface area contributed by atoms with Crippen LogP contribution in [0.5, 0.6) is 0 Å². The van der Waals surface area contributed by atoms with Crippen molar-refractivity contribution in [2.24, 2.45) is 0 Å². The number of anilines is 1. The Hall–Kier alpha value is -3.28. The largest absolute Gasteiger partial charge is 0.358 e. The number of benzene rings is 1. The van der Waals surface area contributed by atoms with E-state index in [9.17, 15) is 4.39 Å². The average Bonchev–Trinajstić information content (AvgIpc) is 3.07. The van der Waals surface area contributed by atoms with Crippen LogP contribution in [0.25, 0.3) is 22.3 Å². The molecule has 0 amide bonds. The lowest BCUT2D eigenvalue weighted by atomic mass is 10.0. The van der Waals surface area contributed by atoms with Crippen LogP contribution in [0.1, 0.15) is 22.5 Å². The third-order valence-corrected chi connectivity index (χ3v) is 5.52. The Kier molecular flexibility index (Phi) is 3.86. The molecule has 3 aromatic heterocycles. The molecule has 0 atom stereocenters. The number of rotatable bonds is 2. The topological polar surface area (TPSA) is 57.7 Å². The van der Waals surface area contributed by atoms with Gasteiger partial charge in [0.1, 0.15) is 11.6 Å². The highest BCUT2D eigenvalue weighted by atomic mass is 19.1. The van der Waals surface area contributed by atoms with E-state index in [1.165, 1.54) is 11.8 Å². The zero-order valence-corrected chi connectivity index (χ0v) is 15.8. The van der Waals surface area contributed by atoms with Crippen LogP contribution in [-0.4, -0.2) is 26.5 Å². The molecule has 4 aromatic rings. The molecule has 0 aliphatic carbocycles. The SMILES string of the molecule is Cc1nc(-c2cccnc2)nc(N2CCc3[nH]c4ccc(F)cc4c3C2)c1C. The van der Waals surface area contributed by atoms with E-state index in [2.05, 4.69) is 26.8 Å². The second kappa shape index (κ2) is 6.41. The van der Waals surface area contributed by atoms with Crippen LogP contribution < -0.4 is 4.90 Å². The van der Waals surface area contributed by atoms with E-state index in [1.807, 2.05) is 25.1 Å². The summed E-state index contributed by atoms with van der Waals surface area (Å²) in [6.45, 7) is 5.62. The molecule has 0 spiro atoms. The number of fused-ring (bicyclic) bond motifs is 3. The van der Waals surface area contributed by atoms with Gasteiger partial charge in [-0.05, 0) is 44.2 Å². The molecule has 0 unspecified atom stereocenters. The molecule has 0 saturated carbocycles. The van der Waals surface area contributed by atoms with Crippen molar-refractivity contribution in [3.8, 4) is 11.4 Å². The molecule has 1 aliphatic heterocycles. The Morgan fingerprint density at radius 2 is 2.04 bits per heavy atom. The first kappa shape index (κ1) is 16.9. The summed E-state index contributed by atoms with van der Waals surface area (Å²) in [7, 11) is 0. The Bertz CT molecular complexity index is 1180. The lowest BCUT2D eigenvalue weighted by Crippen LogP contribution is -2.31. The summed E-state index contributed by atoms with van der Waals surface area (Å²) in [5.41, 5.74) is 6.26.